The lowest BCUT2D eigenvalue weighted by Gasteiger charge is -2.27. The standard InChI is InChI=1S/C12H18ClN/c1-4-9-12(2,3)14-11-7-5-10(13)6-8-11/h5-8,14H,4,9H2,1-3H3. The normalized spacial score (nSPS) is 11.4. The molecule has 1 N–H and O–H groups in total. The van der Waals surface area contributed by atoms with Gasteiger partial charge in [-0.3, -0.25) is 0 Å². The number of halogens is 1. The highest BCUT2D eigenvalue weighted by molar-refractivity contribution is 6.30. The fourth-order valence-electron chi connectivity index (χ4n) is 1.61. The van der Waals surface area contributed by atoms with Crippen LogP contribution in [0.25, 0.3) is 0 Å². The third-order valence-corrected chi connectivity index (χ3v) is 2.45. The van der Waals surface area contributed by atoms with Gasteiger partial charge in [0.05, 0.1) is 0 Å². The molecule has 0 aromatic heterocycles. The van der Waals surface area contributed by atoms with Gasteiger partial charge in [-0.2, -0.15) is 0 Å². The van der Waals surface area contributed by atoms with Crippen LogP contribution in [0.5, 0.6) is 0 Å². The lowest BCUT2D eigenvalue weighted by molar-refractivity contribution is 0.511. The van der Waals surface area contributed by atoms with Gasteiger partial charge in [-0.25, -0.2) is 0 Å². The molecule has 14 heavy (non-hydrogen) atoms. The van der Waals surface area contributed by atoms with Gasteiger partial charge < -0.3 is 5.32 Å². The maximum Gasteiger partial charge on any atom is 0.0407 e. The summed E-state index contributed by atoms with van der Waals surface area (Å²) in [6.45, 7) is 6.63. The second kappa shape index (κ2) is 4.70. The van der Waals surface area contributed by atoms with Crippen molar-refractivity contribution >= 4 is 17.3 Å². The third-order valence-electron chi connectivity index (χ3n) is 2.20. The molecule has 0 heterocycles. The summed E-state index contributed by atoms with van der Waals surface area (Å²) in [5.74, 6) is 0. The van der Waals surface area contributed by atoms with E-state index in [0.29, 0.717) is 0 Å². The predicted molar refractivity (Wildman–Crippen MR) is 64.1 cm³/mol. The maximum absolute atomic E-state index is 5.82. The Bertz CT molecular complexity index is 277. The van der Waals surface area contributed by atoms with Gasteiger partial charge in [0.2, 0.25) is 0 Å². The van der Waals surface area contributed by atoms with Crippen LogP contribution in [0.4, 0.5) is 5.69 Å². The van der Waals surface area contributed by atoms with Crippen LogP contribution >= 0.6 is 11.6 Å². The Morgan fingerprint density at radius 1 is 1.21 bits per heavy atom. The van der Waals surface area contributed by atoms with E-state index in [4.69, 9.17) is 11.6 Å². The molecule has 0 saturated carbocycles. The van der Waals surface area contributed by atoms with Crippen LogP contribution in [0, 0.1) is 0 Å². The SMILES string of the molecule is CCCC(C)(C)Nc1ccc(Cl)cc1. The van der Waals surface area contributed by atoms with Crippen molar-refractivity contribution in [3.8, 4) is 0 Å². The quantitative estimate of drug-likeness (QED) is 0.782. The summed E-state index contributed by atoms with van der Waals surface area (Å²) >= 11 is 5.82. The number of hydrogen-bond donors (Lipinski definition) is 1. The van der Waals surface area contributed by atoms with Crippen molar-refractivity contribution in [2.24, 2.45) is 0 Å². The molecule has 1 nitrogen and oxygen atoms in total. The molecule has 1 rings (SSSR count). The van der Waals surface area contributed by atoms with Crippen molar-refractivity contribution < 1.29 is 0 Å². The lowest BCUT2D eigenvalue weighted by atomic mass is 9.98. The summed E-state index contributed by atoms with van der Waals surface area (Å²) in [5.41, 5.74) is 1.29. The first-order valence-corrected chi connectivity index (χ1v) is 5.45. The van der Waals surface area contributed by atoms with Crippen molar-refractivity contribution in [1.82, 2.24) is 0 Å². The largest absolute Gasteiger partial charge is 0.380 e. The highest BCUT2D eigenvalue weighted by Gasteiger charge is 2.15. The molecule has 1 aromatic rings. The lowest BCUT2D eigenvalue weighted by Crippen LogP contribution is -2.30. The summed E-state index contributed by atoms with van der Waals surface area (Å²) in [6.07, 6.45) is 2.35. The van der Waals surface area contributed by atoms with Gasteiger partial charge in [-0.15, -0.1) is 0 Å². The van der Waals surface area contributed by atoms with E-state index in [1.54, 1.807) is 0 Å². The predicted octanol–water partition coefficient (Wildman–Crippen LogP) is 4.33. The van der Waals surface area contributed by atoms with Crippen LogP contribution in [0.3, 0.4) is 0 Å². The Hall–Kier alpha value is -0.690. The molecule has 1 aromatic carbocycles. The summed E-state index contributed by atoms with van der Waals surface area (Å²) in [5, 5.41) is 4.27. The minimum absolute atomic E-state index is 0.155. The number of benzene rings is 1. The Balaban J connectivity index is 2.64. The Labute approximate surface area is 91.5 Å². The van der Waals surface area contributed by atoms with Crippen molar-refractivity contribution in [2.75, 3.05) is 5.32 Å². The van der Waals surface area contributed by atoms with Crippen molar-refractivity contribution in [3.05, 3.63) is 29.3 Å². The molecule has 0 aliphatic heterocycles. The minimum Gasteiger partial charge on any atom is -0.380 e. The molecule has 0 bridgehead atoms. The molecule has 0 spiro atoms. The average Bonchev–Trinajstić information content (AvgIpc) is 2.08. The molecule has 0 aliphatic rings. The van der Waals surface area contributed by atoms with Gasteiger partial charge in [0.15, 0.2) is 0 Å². The number of hydrogen-bond acceptors (Lipinski definition) is 1. The van der Waals surface area contributed by atoms with Gasteiger partial charge in [0.25, 0.3) is 0 Å². The van der Waals surface area contributed by atoms with Crippen LogP contribution in [0.2, 0.25) is 5.02 Å². The highest BCUT2D eigenvalue weighted by Crippen LogP contribution is 2.20. The molecular weight excluding hydrogens is 194 g/mol. The molecular formula is C12H18ClN. The van der Waals surface area contributed by atoms with Crippen LogP contribution in [-0.4, -0.2) is 5.54 Å². The first kappa shape index (κ1) is 11.4. The summed E-state index contributed by atoms with van der Waals surface area (Å²) in [6, 6.07) is 7.84. The fraction of sp³-hybridized carbons (Fsp3) is 0.500. The first-order valence-electron chi connectivity index (χ1n) is 5.07. The summed E-state index contributed by atoms with van der Waals surface area (Å²) in [4.78, 5) is 0. The van der Waals surface area contributed by atoms with E-state index < -0.39 is 0 Å². The van der Waals surface area contributed by atoms with E-state index in [9.17, 15) is 0 Å². The molecule has 0 amide bonds. The van der Waals surface area contributed by atoms with Gasteiger partial charge in [-0.1, -0.05) is 24.9 Å². The van der Waals surface area contributed by atoms with E-state index >= 15 is 0 Å². The van der Waals surface area contributed by atoms with Crippen LogP contribution in [-0.2, 0) is 0 Å². The van der Waals surface area contributed by atoms with E-state index in [1.165, 1.54) is 6.42 Å². The van der Waals surface area contributed by atoms with Crippen molar-refractivity contribution in [1.29, 1.82) is 0 Å². The van der Waals surface area contributed by atoms with Gasteiger partial charge >= 0.3 is 0 Å². The second-order valence-corrected chi connectivity index (χ2v) is 4.70. The Kier molecular flexibility index (Phi) is 3.82. The smallest absolute Gasteiger partial charge is 0.0407 e. The van der Waals surface area contributed by atoms with Crippen LogP contribution in [0.1, 0.15) is 33.6 Å². The monoisotopic (exact) mass is 211 g/mol. The zero-order chi connectivity index (χ0) is 10.6. The summed E-state index contributed by atoms with van der Waals surface area (Å²) in [7, 11) is 0. The van der Waals surface area contributed by atoms with E-state index in [2.05, 4.69) is 26.1 Å². The average molecular weight is 212 g/mol. The zero-order valence-electron chi connectivity index (χ0n) is 9.10. The fourth-order valence-corrected chi connectivity index (χ4v) is 1.74. The topological polar surface area (TPSA) is 12.0 Å². The maximum atomic E-state index is 5.82. The third kappa shape index (κ3) is 3.59. The molecule has 0 unspecified atom stereocenters. The van der Waals surface area contributed by atoms with E-state index in [-0.39, 0.29) is 5.54 Å². The van der Waals surface area contributed by atoms with Crippen LogP contribution < -0.4 is 5.32 Å². The van der Waals surface area contributed by atoms with Gasteiger partial charge in [0, 0.05) is 16.2 Å². The highest BCUT2D eigenvalue weighted by atomic mass is 35.5. The molecule has 0 saturated heterocycles. The second-order valence-electron chi connectivity index (χ2n) is 4.27. The molecule has 0 radical (unpaired) electrons. The molecule has 0 atom stereocenters. The molecule has 78 valence electrons. The van der Waals surface area contributed by atoms with Crippen molar-refractivity contribution in [2.45, 2.75) is 39.2 Å². The molecule has 0 aliphatic carbocycles. The van der Waals surface area contributed by atoms with Gasteiger partial charge in [-0.05, 0) is 44.5 Å². The summed E-state index contributed by atoms with van der Waals surface area (Å²) < 4.78 is 0. The number of anilines is 1. The number of nitrogens with one attached hydrogen (secondary N) is 1. The molecule has 0 fully saturated rings. The first-order chi connectivity index (χ1) is 6.53. The Morgan fingerprint density at radius 3 is 2.29 bits per heavy atom. The zero-order valence-corrected chi connectivity index (χ0v) is 9.86. The van der Waals surface area contributed by atoms with Crippen molar-refractivity contribution in [3.63, 3.8) is 0 Å². The Morgan fingerprint density at radius 2 is 1.79 bits per heavy atom. The van der Waals surface area contributed by atoms with E-state index in [0.717, 1.165) is 17.1 Å². The van der Waals surface area contributed by atoms with Gasteiger partial charge in [0.1, 0.15) is 0 Å². The number of rotatable bonds is 4. The van der Waals surface area contributed by atoms with E-state index in [1.807, 2.05) is 24.3 Å². The minimum atomic E-state index is 0.155. The molecule has 2 heteroatoms. The van der Waals surface area contributed by atoms with Crippen LogP contribution in [0.15, 0.2) is 24.3 Å².